The normalized spacial score (nSPS) is 26.0. The maximum atomic E-state index is 6.44. The highest BCUT2D eigenvalue weighted by molar-refractivity contribution is 6.31. The predicted octanol–water partition coefficient (Wildman–Crippen LogP) is 4.52. The smallest absolute Gasteiger partial charge is 0.0443 e. The number of rotatable bonds is 3. The van der Waals surface area contributed by atoms with Crippen molar-refractivity contribution in [3.8, 4) is 0 Å². The Hall–Kier alpha value is -0.530. The first-order valence-electron chi connectivity index (χ1n) is 7.10. The van der Waals surface area contributed by atoms with Gasteiger partial charge in [-0.15, -0.1) is 0 Å². The van der Waals surface area contributed by atoms with Gasteiger partial charge in [-0.25, -0.2) is 0 Å². The summed E-state index contributed by atoms with van der Waals surface area (Å²) >= 11 is 6.44. The molecule has 0 bridgehead atoms. The number of nitrogens with two attached hydrogens (primary N) is 1. The van der Waals surface area contributed by atoms with E-state index in [1.54, 1.807) is 0 Å². The van der Waals surface area contributed by atoms with Crippen LogP contribution in [0.4, 0.5) is 0 Å². The van der Waals surface area contributed by atoms with Crippen LogP contribution in [0.1, 0.15) is 56.6 Å². The van der Waals surface area contributed by atoms with Gasteiger partial charge in [0.05, 0.1) is 0 Å². The molecule has 0 aromatic heterocycles. The Labute approximate surface area is 116 Å². The summed E-state index contributed by atoms with van der Waals surface area (Å²) in [5.41, 5.74) is 8.42. The summed E-state index contributed by atoms with van der Waals surface area (Å²) in [6, 6.07) is 6.73. The van der Waals surface area contributed by atoms with Crippen molar-refractivity contribution in [1.82, 2.24) is 0 Å². The molecule has 1 nitrogen and oxygen atoms in total. The Balaban J connectivity index is 2.09. The fourth-order valence-corrected chi connectivity index (χ4v) is 3.33. The Morgan fingerprint density at radius 3 is 2.50 bits per heavy atom. The van der Waals surface area contributed by atoms with Crippen molar-refractivity contribution in [3.05, 3.63) is 34.3 Å². The molecule has 1 saturated carbocycles. The summed E-state index contributed by atoms with van der Waals surface area (Å²) in [6.45, 7) is 4.38. The van der Waals surface area contributed by atoms with Gasteiger partial charge in [0.25, 0.3) is 0 Å². The SMILES string of the molecule is CC(N)Cc1ccc(C2CCC(C)CC2)c(Cl)c1. The monoisotopic (exact) mass is 265 g/mol. The van der Waals surface area contributed by atoms with Gasteiger partial charge in [-0.1, -0.05) is 43.5 Å². The highest BCUT2D eigenvalue weighted by Crippen LogP contribution is 2.38. The maximum Gasteiger partial charge on any atom is 0.0443 e. The minimum absolute atomic E-state index is 0.197. The van der Waals surface area contributed by atoms with Crippen LogP contribution in [-0.4, -0.2) is 6.04 Å². The predicted molar refractivity (Wildman–Crippen MR) is 79.2 cm³/mol. The lowest BCUT2D eigenvalue weighted by Gasteiger charge is -2.27. The standard InChI is InChI=1S/C16H24ClN/c1-11-3-6-14(7-4-11)15-8-5-13(9-12(2)18)10-16(15)17/h5,8,10-12,14H,3-4,6-7,9,18H2,1-2H3. The second-order valence-corrected chi connectivity index (χ2v) is 6.40. The van der Waals surface area contributed by atoms with Crippen molar-refractivity contribution in [3.63, 3.8) is 0 Å². The molecule has 18 heavy (non-hydrogen) atoms. The van der Waals surface area contributed by atoms with Gasteiger partial charge >= 0.3 is 0 Å². The van der Waals surface area contributed by atoms with Gasteiger partial charge in [0.15, 0.2) is 0 Å². The van der Waals surface area contributed by atoms with E-state index in [2.05, 4.69) is 25.1 Å². The van der Waals surface area contributed by atoms with E-state index in [1.165, 1.54) is 36.8 Å². The third-order valence-corrected chi connectivity index (χ3v) is 4.41. The van der Waals surface area contributed by atoms with Crippen LogP contribution in [0.2, 0.25) is 5.02 Å². The summed E-state index contributed by atoms with van der Waals surface area (Å²) in [7, 11) is 0. The van der Waals surface area contributed by atoms with Gasteiger partial charge in [-0.2, -0.15) is 0 Å². The van der Waals surface area contributed by atoms with E-state index >= 15 is 0 Å². The molecule has 1 aromatic carbocycles. The quantitative estimate of drug-likeness (QED) is 0.854. The van der Waals surface area contributed by atoms with Gasteiger partial charge in [-0.3, -0.25) is 0 Å². The first-order valence-corrected chi connectivity index (χ1v) is 7.48. The molecule has 1 aromatic rings. The number of hydrogen-bond donors (Lipinski definition) is 1. The molecule has 2 rings (SSSR count). The summed E-state index contributed by atoms with van der Waals surface area (Å²) in [6.07, 6.45) is 6.15. The lowest BCUT2D eigenvalue weighted by molar-refractivity contribution is 0.348. The second-order valence-electron chi connectivity index (χ2n) is 5.99. The highest BCUT2D eigenvalue weighted by atomic mass is 35.5. The van der Waals surface area contributed by atoms with E-state index in [0.717, 1.165) is 17.4 Å². The first kappa shape index (κ1) is 13.9. The molecule has 1 aliphatic carbocycles. The Morgan fingerprint density at radius 2 is 1.94 bits per heavy atom. The van der Waals surface area contributed by atoms with Gasteiger partial charge in [0.2, 0.25) is 0 Å². The van der Waals surface area contributed by atoms with Crippen molar-refractivity contribution < 1.29 is 0 Å². The van der Waals surface area contributed by atoms with Crippen LogP contribution in [-0.2, 0) is 6.42 Å². The molecule has 100 valence electrons. The lowest BCUT2D eigenvalue weighted by atomic mass is 9.79. The maximum absolute atomic E-state index is 6.44. The molecule has 0 saturated heterocycles. The summed E-state index contributed by atoms with van der Waals surface area (Å²) in [5.74, 6) is 1.55. The van der Waals surface area contributed by atoms with E-state index in [4.69, 9.17) is 17.3 Å². The van der Waals surface area contributed by atoms with Gasteiger partial charge < -0.3 is 5.73 Å². The van der Waals surface area contributed by atoms with Crippen molar-refractivity contribution in [2.75, 3.05) is 0 Å². The van der Waals surface area contributed by atoms with Crippen molar-refractivity contribution in [2.24, 2.45) is 11.7 Å². The summed E-state index contributed by atoms with van der Waals surface area (Å²) in [4.78, 5) is 0. The van der Waals surface area contributed by atoms with Crippen LogP contribution in [0.5, 0.6) is 0 Å². The Kier molecular flexibility index (Phi) is 4.69. The van der Waals surface area contributed by atoms with Crippen molar-refractivity contribution in [1.29, 1.82) is 0 Å². The van der Waals surface area contributed by atoms with Gasteiger partial charge in [0, 0.05) is 11.1 Å². The first-order chi connectivity index (χ1) is 8.56. The lowest BCUT2D eigenvalue weighted by Crippen LogP contribution is -2.18. The van der Waals surface area contributed by atoms with Gasteiger partial charge in [0.1, 0.15) is 0 Å². The molecule has 1 atom stereocenters. The highest BCUT2D eigenvalue weighted by Gasteiger charge is 2.21. The van der Waals surface area contributed by atoms with Gasteiger partial charge in [-0.05, 0) is 55.2 Å². The Morgan fingerprint density at radius 1 is 1.28 bits per heavy atom. The summed E-state index contributed by atoms with van der Waals surface area (Å²) in [5, 5.41) is 0.938. The van der Waals surface area contributed by atoms with E-state index < -0.39 is 0 Å². The van der Waals surface area contributed by atoms with Crippen LogP contribution < -0.4 is 5.73 Å². The molecule has 1 aliphatic rings. The average Bonchev–Trinajstić information content (AvgIpc) is 2.30. The van der Waals surface area contributed by atoms with E-state index in [1.807, 2.05) is 6.92 Å². The molecule has 0 heterocycles. The molecule has 0 aliphatic heterocycles. The molecule has 0 amide bonds. The van der Waals surface area contributed by atoms with Crippen LogP contribution in [0.3, 0.4) is 0 Å². The zero-order valence-electron chi connectivity index (χ0n) is 11.5. The molecule has 2 N–H and O–H groups in total. The average molecular weight is 266 g/mol. The van der Waals surface area contributed by atoms with Crippen molar-refractivity contribution in [2.45, 2.75) is 57.9 Å². The molecule has 1 fully saturated rings. The third-order valence-electron chi connectivity index (χ3n) is 4.08. The zero-order chi connectivity index (χ0) is 13.1. The fourth-order valence-electron chi connectivity index (χ4n) is 2.97. The Bertz CT molecular complexity index is 392. The topological polar surface area (TPSA) is 26.0 Å². The summed E-state index contributed by atoms with van der Waals surface area (Å²) < 4.78 is 0. The molecular formula is C16H24ClN. The second kappa shape index (κ2) is 6.08. The molecule has 2 heteroatoms. The van der Waals surface area contributed by atoms with E-state index in [0.29, 0.717) is 5.92 Å². The van der Waals surface area contributed by atoms with E-state index in [-0.39, 0.29) is 6.04 Å². The minimum atomic E-state index is 0.197. The molecule has 0 radical (unpaired) electrons. The largest absolute Gasteiger partial charge is 0.328 e. The van der Waals surface area contributed by atoms with Crippen LogP contribution >= 0.6 is 11.6 Å². The number of hydrogen-bond acceptors (Lipinski definition) is 1. The molecule has 1 unspecified atom stereocenters. The van der Waals surface area contributed by atoms with Crippen LogP contribution in [0.25, 0.3) is 0 Å². The van der Waals surface area contributed by atoms with Crippen LogP contribution in [0.15, 0.2) is 18.2 Å². The fraction of sp³-hybridized carbons (Fsp3) is 0.625. The minimum Gasteiger partial charge on any atom is -0.328 e. The number of benzene rings is 1. The zero-order valence-corrected chi connectivity index (χ0v) is 12.2. The van der Waals surface area contributed by atoms with E-state index in [9.17, 15) is 0 Å². The molecular weight excluding hydrogens is 242 g/mol. The van der Waals surface area contributed by atoms with Crippen LogP contribution in [0, 0.1) is 5.92 Å². The third kappa shape index (κ3) is 3.49. The van der Waals surface area contributed by atoms with Crippen molar-refractivity contribution >= 4 is 11.6 Å². The molecule has 0 spiro atoms. The number of halogens is 1.